The first-order valence-electron chi connectivity index (χ1n) is 8.67. The molecule has 0 spiro atoms. The van der Waals surface area contributed by atoms with Gasteiger partial charge in [0.05, 0.1) is 0 Å². The Morgan fingerprint density at radius 1 is 0.867 bits per heavy atom. The van der Waals surface area contributed by atoms with Crippen molar-refractivity contribution in [2.75, 3.05) is 11.5 Å². The van der Waals surface area contributed by atoms with Crippen LogP contribution in [0.4, 0.5) is 39.5 Å². The maximum Gasteiger partial charge on any atom is 0.460 e. The summed E-state index contributed by atoms with van der Waals surface area (Å²) in [7, 11) is -6.94. The molecule has 0 bridgehead atoms. The minimum atomic E-state index is -7.43. The fourth-order valence-electron chi connectivity index (χ4n) is 3.44. The third-order valence-corrected chi connectivity index (χ3v) is 8.70. The van der Waals surface area contributed by atoms with Crippen molar-refractivity contribution in [1.29, 1.82) is 0 Å². The molecule has 0 aromatic heterocycles. The van der Waals surface area contributed by atoms with Crippen LogP contribution in [0.2, 0.25) is 0 Å². The third-order valence-electron chi connectivity index (χ3n) is 4.96. The van der Waals surface area contributed by atoms with Gasteiger partial charge in [0.2, 0.25) is 0 Å². The first-order valence-corrected chi connectivity index (χ1v) is 11.7. The molecule has 0 amide bonds. The number of aldehydes is 1. The smallest absolute Gasteiger partial charge is 0.460 e. The number of rotatable bonds is 6. The molecule has 1 aliphatic carbocycles. The summed E-state index contributed by atoms with van der Waals surface area (Å²) < 4.78 is 135. The maximum atomic E-state index is 12.2. The molecule has 1 saturated heterocycles. The molecular weight excluding hydrogens is 479 g/mol. The first-order chi connectivity index (χ1) is 13.4. The average molecular weight is 498 g/mol. The van der Waals surface area contributed by atoms with Crippen LogP contribution in [0, 0.1) is 5.92 Å². The Kier molecular flexibility index (Phi) is 8.59. The summed E-state index contributed by atoms with van der Waals surface area (Å²) in [5.41, 5.74) is 0. The van der Waals surface area contributed by atoms with Crippen LogP contribution in [0.1, 0.15) is 38.5 Å². The zero-order valence-corrected chi connectivity index (χ0v) is 16.9. The molecule has 2 unspecified atom stereocenters. The average Bonchev–Trinajstić information content (AvgIpc) is 3.24. The van der Waals surface area contributed by atoms with Crippen molar-refractivity contribution in [3.05, 3.63) is 0 Å². The van der Waals surface area contributed by atoms with Gasteiger partial charge in [0.25, 0.3) is 0 Å². The Morgan fingerprint density at radius 2 is 1.37 bits per heavy atom. The molecular formula is C15H19F9O4S2. The summed E-state index contributed by atoms with van der Waals surface area (Å²) in [4.78, 5) is 10.5. The SMILES string of the molecule is O=CC[S+]1CCCC1C1CCCC1.O=S(=O)([O-])C(F)(F)C(F)(F)C(F)(F)C(F)(F)F. The van der Waals surface area contributed by atoms with Gasteiger partial charge < -0.3 is 4.55 Å². The number of carbonyl (C=O) groups excluding carboxylic acids is 1. The van der Waals surface area contributed by atoms with Gasteiger partial charge in [0.1, 0.15) is 11.0 Å². The predicted molar refractivity (Wildman–Crippen MR) is 88.7 cm³/mol. The van der Waals surface area contributed by atoms with E-state index in [-0.39, 0.29) is 0 Å². The molecule has 2 fully saturated rings. The second-order valence-electron chi connectivity index (χ2n) is 6.92. The molecule has 15 heteroatoms. The Balaban J connectivity index is 0.000000308. The minimum Gasteiger partial charge on any atom is -0.743 e. The van der Waals surface area contributed by atoms with Gasteiger partial charge in [-0.25, -0.2) is 8.42 Å². The van der Waals surface area contributed by atoms with E-state index in [0.717, 1.165) is 23.2 Å². The summed E-state index contributed by atoms with van der Waals surface area (Å²) in [6.07, 6.45) is 2.58. The molecule has 2 aliphatic rings. The van der Waals surface area contributed by atoms with Crippen LogP contribution in [-0.2, 0) is 25.8 Å². The van der Waals surface area contributed by atoms with Crippen LogP contribution in [0.15, 0.2) is 0 Å². The molecule has 1 saturated carbocycles. The van der Waals surface area contributed by atoms with Gasteiger partial charge in [-0.1, -0.05) is 12.8 Å². The number of halogens is 9. The monoisotopic (exact) mass is 498 g/mol. The van der Waals surface area contributed by atoms with E-state index in [2.05, 4.69) is 0 Å². The van der Waals surface area contributed by atoms with Gasteiger partial charge in [-0.15, -0.1) is 0 Å². The highest BCUT2D eigenvalue weighted by atomic mass is 32.2. The summed E-state index contributed by atoms with van der Waals surface area (Å²) in [5.74, 6) is -11.6. The fraction of sp³-hybridized carbons (Fsp3) is 0.933. The lowest BCUT2D eigenvalue weighted by atomic mass is 10.0. The van der Waals surface area contributed by atoms with Crippen molar-refractivity contribution < 1.29 is 57.3 Å². The van der Waals surface area contributed by atoms with Gasteiger partial charge in [-0.2, -0.15) is 39.5 Å². The molecule has 1 aliphatic heterocycles. The molecule has 30 heavy (non-hydrogen) atoms. The number of hydrogen-bond donors (Lipinski definition) is 0. The highest BCUT2D eigenvalue weighted by molar-refractivity contribution is 7.98. The molecule has 0 aromatic carbocycles. The predicted octanol–water partition coefficient (Wildman–Crippen LogP) is 4.11. The summed E-state index contributed by atoms with van der Waals surface area (Å²) in [6, 6.07) is 0. The van der Waals surface area contributed by atoms with Crippen molar-refractivity contribution in [3.63, 3.8) is 0 Å². The van der Waals surface area contributed by atoms with E-state index in [4.69, 9.17) is 0 Å². The van der Waals surface area contributed by atoms with Crippen molar-refractivity contribution in [1.82, 2.24) is 0 Å². The normalized spacial score (nSPS) is 24.5. The minimum absolute atomic E-state index is 0.477. The standard InChI is InChI=1S/C11H19OS.C4HF9O3S/c12-7-9-13-8-3-6-11(13)10-4-1-2-5-10;5-1(6,3(9,10)11)2(7,8)4(12,13)17(14,15)16/h7,10-11H,1-6,8-9H2;(H,14,15,16)/q+1;/p-1. The highest BCUT2D eigenvalue weighted by Crippen LogP contribution is 2.54. The fourth-order valence-corrected chi connectivity index (χ4v) is 6.62. The Hall–Kier alpha value is -0.700. The zero-order valence-electron chi connectivity index (χ0n) is 15.2. The lowest BCUT2D eigenvalue weighted by Gasteiger charge is -2.34. The number of alkyl halides is 9. The first kappa shape index (κ1) is 27.3. The van der Waals surface area contributed by atoms with E-state index in [1.165, 1.54) is 44.3 Å². The summed E-state index contributed by atoms with van der Waals surface area (Å²) in [6.45, 7) is 0. The summed E-state index contributed by atoms with van der Waals surface area (Å²) >= 11 is 0. The Labute approximate surface area is 169 Å². The lowest BCUT2D eigenvalue weighted by Crippen LogP contribution is -2.63. The zero-order chi connectivity index (χ0) is 23.6. The van der Waals surface area contributed by atoms with E-state index in [1.807, 2.05) is 0 Å². The van der Waals surface area contributed by atoms with E-state index in [9.17, 15) is 57.3 Å². The number of carbonyl (C=O) groups is 1. The van der Waals surface area contributed by atoms with Crippen LogP contribution in [0.3, 0.4) is 0 Å². The second-order valence-corrected chi connectivity index (χ2v) is 10.8. The van der Waals surface area contributed by atoms with Crippen LogP contribution in [0.5, 0.6) is 0 Å². The Morgan fingerprint density at radius 3 is 1.77 bits per heavy atom. The maximum absolute atomic E-state index is 12.2. The molecule has 0 N–H and O–H groups in total. The van der Waals surface area contributed by atoms with Crippen LogP contribution in [-0.4, -0.2) is 59.3 Å². The van der Waals surface area contributed by atoms with Gasteiger partial charge in [-0.05, 0) is 36.6 Å². The quantitative estimate of drug-likeness (QED) is 0.239. The van der Waals surface area contributed by atoms with E-state index >= 15 is 0 Å². The van der Waals surface area contributed by atoms with Crippen molar-refractivity contribution >= 4 is 27.3 Å². The third kappa shape index (κ3) is 5.37. The largest absolute Gasteiger partial charge is 0.743 e. The van der Waals surface area contributed by atoms with Crippen LogP contribution >= 0.6 is 0 Å². The molecule has 1 heterocycles. The van der Waals surface area contributed by atoms with Crippen LogP contribution in [0.25, 0.3) is 0 Å². The van der Waals surface area contributed by atoms with Crippen molar-refractivity contribution in [3.8, 4) is 0 Å². The highest BCUT2D eigenvalue weighted by Gasteiger charge is 2.83. The van der Waals surface area contributed by atoms with Crippen molar-refractivity contribution in [2.24, 2.45) is 5.92 Å². The van der Waals surface area contributed by atoms with E-state index in [0.29, 0.717) is 10.9 Å². The van der Waals surface area contributed by atoms with Crippen LogP contribution < -0.4 is 0 Å². The molecule has 2 atom stereocenters. The number of hydrogen-bond acceptors (Lipinski definition) is 4. The van der Waals surface area contributed by atoms with E-state index < -0.39 is 33.4 Å². The molecule has 0 radical (unpaired) electrons. The molecule has 0 aromatic rings. The van der Waals surface area contributed by atoms with Gasteiger partial charge in [0.15, 0.2) is 22.2 Å². The van der Waals surface area contributed by atoms with Gasteiger partial charge >= 0.3 is 23.3 Å². The molecule has 4 nitrogen and oxygen atoms in total. The van der Waals surface area contributed by atoms with Crippen molar-refractivity contribution in [2.45, 2.75) is 67.1 Å². The Bertz CT molecular complexity index is 689. The molecule has 2 rings (SSSR count). The van der Waals surface area contributed by atoms with E-state index in [1.54, 1.807) is 0 Å². The lowest BCUT2D eigenvalue weighted by molar-refractivity contribution is -0.382. The second kappa shape index (κ2) is 9.43. The van der Waals surface area contributed by atoms with Gasteiger partial charge in [-0.3, -0.25) is 4.79 Å². The molecule has 178 valence electrons. The van der Waals surface area contributed by atoms with Gasteiger partial charge in [0, 0.05) is 5.92 Å². The summed E-state index contributed by atoms with van der Waals surface area (Å²) in [5, 5.41) is -6.17. The topological polar surface area (TPSA) is 74.3 Å².